The second kappa shape index (κ2) is 7.29. The SMILES string of the molecule is CCCNC(=O)CN1CCN(c2ccc(C(C)C)cc2)C1=O. The molecule has 5 heteroatoms. The number of urea groups is 1. The van der Waals surface area contributed by atoms with Crippen LogP contribution in [0, 0.1) is 0 Å². The van der Waals surface area contributed by atoms with Crippen molar-refractivity contribution in [1.82, 2.24) is 10.2 Å². The smallest absolute Gasteiger partial charge is 0.325 e. The van der Waals surface area contributed by atoms with E-state index < -0.39 is 0 Å². The summed E-state index contributed by atoms with van der Waals surface area (Å²) < 4.78 is 0. The van der Waals surface area contributed by atoms with Gasteiger partial charge in [0.25, 0.3) is 0 Å². The summed E-state index contributed by atoms with van der Waals surface area (Å²) in [6, 6.07) is 7.99. The highest BCUT2D eigenvalue weighted by Crippen LogP contribution is 2.23. The molecule has 1 aromatic rings. The predicted octanol–water partition coefficient (Wildman–Crippen LogP) is 2.58. The van der Waals surface area contributed by atoms with E-state index in [0.717, 1.165) is 12.1 Å². The lowest BCUT2D eigenvalue weighted by Gasteiger charge is -2.19. The average Bonchev–Trinajstić information content (AvgIpc) is 2.86. The molecule has 1 fully saturated rings. The first-order valence-electron chi connectivity index (χ1n) is 7.96. The van der Waals surface area contributed by atoms with Gasteiger partial charge in [0.15, 0.2) is 0 Å². The van der Waals surface area contributed by atoms with Gasteiger partial charge in [-0.15, -0.1) is 0 Å². The summed E-state index contributed by atoms with van der Waals surface area (Å²) in [5, 5.41) is 2.80. The Bertz CT molecular complexity index is 525. The summed E-state index contributed by atoms with van der Waals surface area (Å²) in [4.78, 5) is 27.5. The number of hydrogen-bond acceptors (Lipinski definition) is 2. The Kier molecular flexibility index (Phi) is 5.41. The highest BCUT2D eigenvalue weighted by atomic mass is 16.2. The van der Waals surface area contributed by atoms with Gasteiger partial charge in [0.1, 0.15) is 6.54 Å². The van der Waals surface area contributed by atoms with E-state index >= 15 is 0 Å². The third-order valence-electron chi connectivity index (χ3n) is 3.87. The molecule has 1 aromatic carbocycles. The molecule has 0 saturated carbocycles. The molecule has 0 aliphatic carbocycles. The summed E-state index contributed by atoms with van der Waals surface area (Å²) in [6.07, 6.45) is 0.897. The van der Waals surface area contributed by atoms with E-state index in [1.54, 1.807) is 9.80 Å². The van der Waals surface area contributed by atoms with Gasteiger partial charge in [-0.25, -0.2) is 4.79 Å². The third-order valence-corrected chi connectivity index (χ3v) is 3.87. The van der Waals surface area contributed by atoms with Crippen LogP contribution in [0.2, 0.25) is 0 Å². The van der Waals surface area contributed by atoms with E-state index in [4.69, 9.17) is 0 Å². The van der Waals surface area contributed by atoms with Gasteiger partial charge in [-0.2, -0.15) is 0 Å². The molecule has 2 rings (SSSR count). The van der Waals surface area contributed by atoms with E-state index in [2.05, 4.69) is 31.3 Å². The standard InChI is InChI=1S/C17H25N3O2/c1-4-9-18-16(21)12-19-10-11-20(17(19)22)15-7-5-14(6-8-15)13(2)3/h5-8,13H,4,9-12H2,1-3H3,(H,18,21). The molecule has 0 radical (unpaired) electrons. The van der Waals surface area contributed by atoms with Crippen molar-refractivity contribution in [3.8, 4) is 0 Å². The third kappa shape index (κ3) is 3.78. The topological polar surface area (TPSA) is 52.7 Å². The number of carbonyl (C=O) groups is 2. The van der Waals surface area contributed by atoms with Crippen molar-refractivity contribution in [2.24, 2.45) is 0 Å². The summed E-state index contributed by atoms with van der Waals surface area (Å²) in [7, 11) is 0. The Labute approximate surface area is 132 Å². The van der Waals surface area contributed by atoms with E-state index in [-0.39, 0.29) is 18.5 Å². The fourth-order valence-electron chi connectivity index (χ4n) is 2.50. The lowest BCUT2D eigenvalue weighted by atomic mass is 10.0. The van der Waals surface area contributed by atoms with Crippen LogP contribution in [0.25, 0.3) is 0 Å². The largest absolute Gasteiger partial charge is 0.355 e. The van der Waals surface area contributed by atoms with E-state index in [1.807, 2.05) is 19.1 Å². The van der Waals surface area contributed by atoms with Crippen molar-refractivity contribution < 1.29 is 9.59 Å². The predicted molar refractivity (Wildman–Crippen MR) is 88.1 cm³/mol. The van der Waals surface area contributed by atoms with Crippen LogP contribution in [0.3, 0.4) is 0 Å². The minimum Gasteiger partial charge on any atom is -0.355 e. The molecule has 1 heterocycles. The van der Waals surface area contributed by atoms with Crippen LogP contribution in [0.15, 0.2) is 24.3 Å². The minimum atomic E-state index is -0.0936. The summed E-state index contributed by atoms with van der Waals surface area (Å²) >= 11 is 0. The first-order chi connectivity index (χ1) is 10.5. The van der Waals surface area contributed by atoms with Gasteiger partial charge in [0.2, 0.25) is 5.91 Å². The van der Waals surface area contributed by atoms with Crippen LogP contribution >= 0.6 is 0 Å². The molecule has 1 aliphatic heterocycles. The number of anilines is 1. The minimum absolute atomic E-state index is 0.0906. The Hall–Kier alpha value is -2.04. The number of hydrogen-bond donors (Lipinski definition) is 1. The maximum Gasteiger partial charge on any atom is 0.325 e. The molecule has 22 heavy (non-hydrogen) atoms. The normalized spacial score (nSPS) is 14.8. The molecule has 1 aliphatic rings. The first-order valence-corrected chi connectivity index (χ1v) is 7.96. The molecule has 120 valence electrons. The highest BCUT2D eigenvalue weighted by Gasteiger charge is 2.30. The second-order valence-corrected chi connectivity index (χ2v) is 5.95. The summed E-state index contributed by atoms with van der Waals surface area (Å²) in [6.45, 7) is 8.30. The number of nitrogens with one attached hydrogen (secondary N) is 1. The zero-order chi connectivity index (χ0) is 16.1. The van der Waals surface area contributed by atoms with Crippen molar-refractivity contribution in [1.29, 1.82) is 0 Å². The zero-order valence-electron chi connectivity index (χ0n) is 13.6. The van der Waals surface area contributed by atoms with Crippen LogP contribution < -0.4 is 10.2 Å². The molecule has 0 atom stereocenters. The number of benzene rings is 1. The van der Waals surface area contributed by atoms with Gasteiger partial charge < -0.3 is 10.2 Å². The van der Waals surface area contributed by atoms with Crippen LogP contribution in [0.4, 0.5) is 10.5 Å². The number of rotatable bonds is 6. The van der Waals surface area contributed by atoms with Gasteiger partial charge in [-0.05, 0) is 30.0 Å². The van der Waals surface area contributed by atoms with Gasteiger partial charge in [-0.3, -0.25) is 9.69 Å². The summed E-state index contributed by atoms with van der Waals surface area (Å²) in [5.74, 6) is 0.384. The molecule has 3 amide bonds. The van der Waals surface area contributed by atoms with Crippen molar-refractivity contribution in [3.05, 3.63) is 29.8 Å². The lowest BCUT2D eigenvalue weighted by molar-refractivity contribution is -0.121. The summed E-state index contributed by atoms with van der Waals surface area (Å²) in [5.41, 5.74) is 2.15. The molecule has 0 spiro atoms. The molecular weight excluding hydrogens is 278 g/mol. The van der Waals surface area contributed by atoms with Gasteiger partial charge in [0, 0.05) is 25.3 Å². The van der Waals surface area contributed by atoms with E-state index in [1.165, 1.54) is 5.56 Å². The Morgan fingerprint density at radius 2 is 1.91 bits per heavy atom. The monoisotopic (exact) mass is 303 g/mol. The molecule has 1 N–H and O–H groups in total. The fourth-order valence-corrected chi connectivity index (χ4v) is 2.50. The molecule has 1 saturated heterocycles. The van der Waals surface area contributed by atoms with Crippen LogP contribution in [-0.2, 0) is 4.79 Å². The van der Waals surface area contributed by atoms with Gasteiger partial charge in [0.05, 0.1) is 0 Å². The molecule has 0 aromatic heterocycles. The van der Waals surface area contributed by atoms with E-state index in [9.17, 15) is 9.59 Å². The average molecular weight is 303 g/mol. The van der Waals surface area contributed by atoms with Crippen LogP contribution in [0.5, 0.6) is 0 Å². The van der Waals surface area contributed by atoms with Crippen LogP contribution in [-0.4, -0.2) is 43.0 Å². The first kappa shape index (κ1) is 16.3. The Morgan fingerprint density at radius 1 is 1.23 bits per heavy atom. The second-order valence-electron chi connectivity index (χ2n) is 5.95. The van der Waals surface area contributed by atoms with E-state index in [0.29, 0.717) is 25.6 Å². The fraction of sp³-hybridized carbons (Fsp3) is 0.529. The van der Waals surface area contributed by atoms with Crippen molar-refractivity contribution in [3.63, 3.8) is 0 Å². The molecular formula is C17H25N3O2. The zero-order valence-corrected chi connectivity index (χ0v) is 13.6. The number of amides is 3. The Morgan fingerprint density at radius 3 is 2.50 bits per heavy atom. The maximum absolute atomic E-state index is 12.4. The van der Waals surface area contributed by atoms with Crippen molar-refractivity contribution in [2.75, 3.05) is 31.1 Å². The Balaban J connectivity index is 1.97. The molecule has 0 unspecified atom stereocenters. The molecule has 0 bridgehead atoms. The van der Waals surface area contributed by atoms with Crippen LogP contribution in [0.1, 0.15) is 38.7 Å². The molecule has 5 nitrogen and oxygen atoms in total. The number of nitrogens with zero attached hydrogens (tertiary/aromatic N) is 2. The van der Waals surface area contributed by atoms with Crippen molar-refractivity contribution in [2.45, 2.75) is 33.1 Å². The maximum atomic E-state index is 12.4. The quantitative estimate of drug-likeness (QED) is 0.878. The van der Waals surface area contributed by atoms with Crippen molar-refractivity contribution >= 4 is 17.6 Å². The van der Waals surface area contributed by atoms with Gasteiger partial charge >= 0.3 is 6.03 Å². The highest BCUT2D eigenvalue weighted by molar-refractivity contribution is 5.96. The number of carbonyl (C=O) groups excluding carboxylic acids is 2. The van der Waals surface area contributed by atoms with Gasteiger partial charge in [-0.1, -0.05) is 32.9 Å². The lowest BCUT2D eigenvalue weighted by Crippen LogP contribution is -2.40.